The predicted molar refractivity (Wildman–Crippen MR) is 84.5 cm³/mol. The first-order chi connectivity index (χ1) is 10.8. The molecule has 2 heterocycles. The number of rotatable bonds is 6. The van der Waals surface area contributed by atoms with Crippen molar-refractivity contribution in [2.45, 2.75) is 89.4 Å². The third-order valence-corrected chi connectivity index (χ3v) is 5.14. The van der Waals surface area contributed by atoms with E-state index in [0.717, 1.165) is 25.3 Å². The molecular weight excluding hydrogens is 278 g/mol. The Balaban J connectivity index is 1.66. The molecule has 0 bridgehead atoms. The molecule has 0 amide bonds. The van der Waals surface area contributed by atoms with Crippen molar-refractivity contribution >= 4 is 0 Å². The Hall–Kier alpha value is -1.01. The lowest BCUT2D eigenvalue weighted by atomic mass is 9.95. The normalized spacial score (nSPS) is 26.2. The molecule has 0 radical (unpaired) electrons. The molecule has 124 valence electrons. The average molecular weight is 307 g/mol. The molecule has 1 saturated carbocycles. The zero-order valence-corrected chi connectivity index (χ0v) is 13.9. The predicted octanol–water partition coefficient (Wildman–Crippen LogP) is 2.79. The molecule has 6 nitrogen and oxygen atoms in total. The average Bonchev–Trinajstić information content (AvgIpc) is 3.24. The number of ether oxygens (including phenoxy) is 1. The van der Waals surface area contributed by atoms with Gasteiger partial charge in [-0.2, -0.15) is 0 Å². The van der Waals surface area contributed by atoms with Crippen LogP contribution >= 0.6 is 0 Å². The second-order valence-corrected chi connectivity index (χ2v) is 6.73. The SMILES string of the molecule is CCC(NC(C)c1nnnn1C1CCCCC1)C1CCCO1. The fraction of sp³-hybridized carbons (Fsp3) is 0.938. The first-order valence-electron chi connectivity index (χ1n) is 8.95. The highest BCUT2D eigenvalue weighted by Crippen LogP contribution is 2.29. The molecule has 22 heavy (non-hydrogen) atoms. The van der Waals surface area contributed by atoms with Crippen LogP contribution in [0.15, 0.2) is 0 Å². The van der Waals surface area contributed by atoms with Gasteiger partial charge in [0.2, 0.25) is 0 Å². The number of hydrogen-bond acceptors (Lipinski definition) is 5. The van der Waals surface area contributed by atoms with E-state index in [-0.39, 0.29) is 6.04 Å². The molecule has 0 aromatic carbocycles. The lowest BCUT2D eigenvalue weighted by Gasteiger charge is -2.28. The van der Waals surface area contributed by atoms with Crippen molar-refractivity contribution in [3.8, 4) is 0 Å². The van der Waals surface area contributed by atoms with E-state index in [1.165, 1.54) is 38.5 Å². The van der Waals surface area contributed by atoms with Crippen molar-refractivity contribution in [3.05, 3.63) is 5.82 Å². The lowest BCUT2D eigenvalue weighted by Crippen LogP contribution is -2.41. The molecule has 1 saturated heterocycles. The van der Waals surface area contributed by atoms with Crippen molar-refractivity contribution in [1.82, 2.24) is 25.5 Å². The first-order valence-corrected chi connectivity index (χ1v) is 8.95. The van der Waals surface area contributed by atoms with Crippen LogP contribution < -0.4 is 5.32 Å². The number of nitrogens with one attached hydrogen (secondary N) is 1. The topological polar surface area (TPSA) is 64.9 Å². The number of aromatic nitrogens is 4. The van der Waals surface area contributed by atoms with Crippen LogP contribution in [-0.2, 0) is 4.74 Å². The summed E-state index contributed by atoms with van der Waals surface area (Å²) in [7, 11) is 0. The molecule has 3 atom stereocenters. The van der Waals surface area contributed by atoms with Crippen LogP contribution in [0.5, 0.6) is 0 Å². The highest BCUT2D eigenvalue weighted by molar-refractivity contribution is 4.95. The van der Waals surface area contributed by atoms with Crippen LogP contribution in [-0.4, -0.2) is 39.0 Å². The summed E-state index contributed by atoms with van der Waals surface area (Å²) in [5, 5.41) is 16.2. The van der Waals surface area contributed by atoms with Crippen molar-refractivity contribution in [1.29, 1.82) is 0 Å². The van der Waals surface area contributed by atoms with Gasteiger partial charge < -0.3 is 10.1 Å². The fourth-order valence-corrected chi connectivity index (χ4v) is 3.87. The van der Waals surface area contributed by atoms with Gasteiger partial charge in [0.15, 0.2) is 5.82 Å². The zero-order chi connectivity index (χ0) is 15.4. The monoisotopic (exact) mass is 307 g/mol. The van der Waals surface area contributed by atoms with Gasteiger partial charge in [-0.05, 0) is 49.5 Å². The van der Waals surface area contributed by atoms with E-state index < -0.39 is 0 Å². The Morgan fingerprint density at radius 2 is 2.05 bits per heavy atom. The van der Waals surface area contributed by atoms with Gasteiger partial charge in [0.05, 0.1) is 18.2 Å². The molecule has 3 rings (SSSR count). The Morgan fingerprint density at radius 1 is 1.23 bits per heavy atom. The summed E-state index contributed by atoms with van der Waals surface area (Å²) in [5.41, 5.74) is 0. The maximum absolute atomic E-state index is 5.85. The van der Waals surface area contributed by atoms with Gasteiger partial charge in [-0.15, -0.1) is 5.10 Å². The summed E-state index contributed by atoms with van der Waals surface area (Å²) in [6.45, 7) is 5.29. The summed E-state index contributed by atoms with van der Waals surface area (Å²) in [6, 6.07) is 1.02. The number of nitrogens with zero attached hydrogens (tertiary/aromatic N) is 4. The van der Waals surface area contributed by atoms with Gasteiger partial charge in [0.25, 0.3) is 0 Å². The minimum absolute atomic E-state index is 0.158. The second kappa shape index (κ2) is 7.51. The van der Waals surface area contributed by atoms with Gasteiger partial charge in [-0.3, -0.25) is 0 Å². The van der Waals surface area contributed by atoms with Crippen LogP contribution in [0.1, 0.15) is 83.1 Å². The van der Waals surface area contributed by atoms with E-state index in [0.29, 0.717) is 18.2 Å². The Labute approximate surface area is 133 Å². The third-order valence-electron chi connectivity index (χ3n) is 5.14. The summed E-state index contributed by atoms with van der Waals surface area (Å²) < 4.78 is 7.92. The third kappa shape index (κ3) is 3.49. The molecule has 2 fully saturated rings. The second-order valence-electron chi connectivity index (χ2n) is 6.73. The van der Waals surface area contributed by atoms with Crippen LogP contribution in [0.4, 0.5) is 0 Å². The summed E-state index contributed by atoms with van der Waals surface area (Å²) in [4.78, 5) is 0. The molecule has 1 aliphatic heterocycles. The van der Waals surface area contributed by atoms with Crippen LogP contribution in [0.25, 0.3) is 0 Å². The van der Waals surface area contributed by atoms with Crippen molar-refractivity contribution in [2.75, 3.05) is 6.61 Å². The quantitative estimate of drug-likeness (QED) is 0.875. The molecular formula is C16H29N5O. The van der Waals surface area contributed by atoms with Crippen molar-refractivity contribution < 1.29 is 4.74 Å². The molecule has 1 N–H and O–H groups in total. The molecule has 2 aliphatic rings. The maximum atomic E-state index is 5.85. The minimum atomic E-state index is 0.158. The lowest BCUT2D eigenvalue weighted by molar-refractivity contribution is 0.0727. The van der Waals surface area contributed by atoms with E-state index in [2.05, 4.69) is 39.4 Å². The van der Waals surface area contributed by atoms with Gasteiger partial charge >= 0.3 is 0 Å². The molecule has 1 aromatic rings. The zero-order valence-electron chi connectivity index (χ0n) is 13.9. The highest BCUT2D eigenvalue weighted by atomic mass is 16.5. The van der Waals surface area contributed by atoms with Crippen molar-refractivity contribution in [3.63, 3.8) is 0 Å². The van der Waals surface area contributed by atoms with Gasteiger partial charge in [-0.1, -0.05) is 26.2 Å². The van der Waals surface area contributed by atoms with Crippen molar-refractivity contribution in [2.24, 2.45) is 0 Å². The Morgan fingerprint density at radius 3 is 2.73 bits per heavy atom. The van der Waals surface area contributed by atoms with E-state index in [4.69, 9.17) is 4.74 Å². The molecule has 1 aromatic heterocycles. The molecule has 3 unspecified atom stereocenters. The van der Waals surface area contributed by atoms with E-state index in [1.54, 1.807) is 0 Å². The minimum Gasteiger partial charge on any atom is -0.377 e. The van der Waals surface area contributed by atoms with Gasteiger partial charge in [0, 0.05) is 12.6 Å². The molecule has 1 aliphatic carbocycles. The van der Waals surface area contributed by atoms with E-state index >= 15 is 0 Å². The maximum Gasteiger partial charge on any atom is 0.168 e. The van der Waals surface area contributed by atoms with E-state index in [1.807, 2.05) is 0 Å². The fourth-order valence-electron chi connectivity index (χ4n) is 3.87. The number of hydrogen-bond donors (Lipinski definition) is 1. The number of tetrazole rings is 1. The van der Waals surface area contributed by atoms with Crippen LogP contribution in [0.2, 0.25) is 0 Å². The summed E-state index contributed by atoms with van der Waals surface area (Å²) >= 11 is 0. The Kier molecular flexibility index (Phi) is 5.41. The summed E-state index contributed by atoms with van der Waals surface area (Å²) in [5.74, 6) is 0.975. The van der Waals surface area contributed by atoms with Gasteiger partial charge in [-0.25, -0.2) is 4.68 Å². The summed E-state index contributed by atoms with van der Waals surface area (Å²) in [6.07, 6.45) is 10.1. The smallest absolute Gasteiger partial charge is 0.168 e. The first kappa shape index (κ1) is 15.9. The van der Waals surface area contributed by atoms with Gasteiger partial charge in [0.1, 0.15) is 0 Å². The Bertz CT molecular complexity index is 451. The molecule has 0 spiro atoms. The van der Waals surface area contributed by atoms with E-state index in [9.17, 15) is 0 Å². The largest absolute Gasteiger partial charge is 0.377 e. The van der Waals surface area contributed by atoms with Crippen LogP contribution in [0.3, 0.4) is 0 Å². The standard InChI is InChI=1S/C16H29N5O/c1-3-14(15-10-7-11-22-15)17-12(2)16-18-19-20-21(16)13-8-5-4-6-9-13/h12-15,17H,3-11H2,1-2H3. The van der Waals surface area contributed by atoms with Crippen LogP contribution in [0, 0.1) is 0 Å². The molecule has 6 heteroatoms. The highest BCUT2D eigenvalue weighted by Gasteiger charge is 2.28.